The van der Waals surface area contributed by atoms with Gasteiger partial charge in [-0.2, -0.15) is 0 Å². The lowest BCUT2D eigenvalue weighted by Gasteiger charge is -2.13. The summed E-state index contributed by atoms with van der Waals surface area (Å²) < 4.78 is 0. The summed E-state index contributed by atoms with van der Waals surface area (Å²) in [6.45, 7) is 5.30. The first-order valence-corrected chi connectivity index (χ1v) is 6.78. The highest BCUT2D eigenvalue weighted by molar-refractivity contribution is 5.57. The summed E-state index contributed by atoms with van der Waals surface area (Å²) >= 11 is 0. The van der Waals surface area contributed by atoms with Crippen LogP contribution >= 0.6 is 0 Å². The van der Waals surface area contributed by atoms with E-state index in [0.717, 1.165) is 41.4 Å². The number of hydrogen-bond acceptors (Lipinski definition) is 5. The lowest BCUT2D eigenvalue weighted by molar-refractivity contribution is 0.780. The van der Waals surface area contributed by atoms with Gasteiger partial charge in [0, 0.05) is 18.0 Å². The fraction of sp³-hybridized carbons (Fsp3) is 0.692. The Kier molecular flexibility index (Phi) is 2.86. The van der Waals surface area contributed by atoms with Crippen molar-refractivity contribution in [3.8, 4) is 0 Å². The quantitative estimate of drug-likeness (QED) is 0.548. The van der Waals surface area contributed by atoms with Crippen molar-refractivity contribution in [3.63, 3.8) is 0 Å². The number of nitrogens with one attached hydrogen (secondary N) is 2. The summed E-state index contributed by atoms with van der Waals surface area (Å²) in [6, 6.07) is 0. The van der Waals surface area contributed by atoms with Crippen molar-refractivity contribution in [2.24, 2.45) is 17.7 Å². The minimum Gasteiger partial charge on any atom is -0.369 e. The molecule has 4 N–H and O–H groups in total. The fourth-order valence-electron chi connectivity index (χ4n) is 2.28. The molecule has 2 atom stereocenters. The van der Waals surface area contributed by atoms with E-state index in [9.17, 15) is 0 Å². The molecule has 1 aromatic rings. The molecule has 0 spiro atoms. The largest absolute Gasteiger partial charge is 0.369 e. The second-order valence-corrected chi connectivity index (χ2v) is 5.68. The van der Waals surface area contributed by atoms with Crippen LogP contribution in [0.3, 0.4) is 0 Å². The summed E-state index contributed by atoms with van der Waals surface area (Å²) in [4.78, 5) is 9.13. The second kappa shape index (κ2) is 4.39. The predicted molar refractivity (Wildman–Crippen MR) is 72.3 cm³/mol. The van der Waals surface area contributed by atoms with Gasteiger partial charge >= 0.3 is 0 Å². The number of nitrogens with two attached hydrogens (primary N) is 1. The molecule has 0 aromatic carbocycles. The van der Waals surface area contributed by atoms with Gasteiger partial charge in [0.2, 0.25) is 0 Å². The molecule has 2 aliphatic rings. The summed E-state index contributed by atoms with van der Waals surface area (Å²) in [5, 5.41) is 3.46. The molecule has 5 nitrogen and oxygen atoms in total. The molecule has 98 valence electrons. The zero-order valence-electron chi connectivity index (χ0n) is 11.0. The normalized spacial score (nSPS) is 25.9. The van der Waals surface area contributed by atoms with Crippen LogP contribution in [0.25, 0.3) is 0 Å². The molecule has 0 radical (unpaired) electrons. The first-order chi connectivity index (χ1) is 8.69. The van der Waals surface area contributed by atoms with Crippen LogP contribution in [0.5, 0.6) is 0 Å². The van der Waals surface area contributed by atoms with Crippen LogP contribution in [0, 0.1) is 18.8 Å². The topological polar surface area (TPSA) is 75.9 Å². The van der Waals surface area contributed by atoms with Gasteiger partial charge in [-0.3, -0.25) is 0 Å². The lowest BCUT2D eigenvalue weighted by Crippen LogP contribution is -2.15. The summed E-state index contributed by atoms with van der Waals surface area (Å²) in [5.41, 5.74) is 3.69. The Balaban J connectivity index is 1.79. The first kappa shape index (κ1) is 11.7. The van der Waals surface area contributed by atoms with Crippen LogP contribution in [-0.4, -0.2) is 16.5 Å². The minimum absolute atomic E-state index is 0.540. The van der Waals surface area contributed by atoms with Crippen molar-refractivity contribution in [2.75, 3.05) is 17.3 Å². The highest BCUT2D eigenvalue weighted by atomic mass is 15.3. The maximum absolute atomic E-state index is 5.53. The number of rotatable bonds is 5. The van der Waals surface area contributed by atoms with Gasteiger partial charge < -0.3 is 10.7 Å². The minimum atomic E-state index is 0.540. The standard InChI is InChI=1S/C13H21N5/c1-7-5-10(7)6-15-11-8(2)12(18-14)17-13(16-11)9-3-4-9/h7,9-10H,3-6,14H2,1-2H3,(H2,15,16,17,18). The number of anilines is 2. The summed E-state index contributed by atoms with van der Waals surface area (Å²) in [7, 11) is 0. The average molecular weight is 247 g/mol. The van der Waals surface area contributed by atoms with E-state index in [0.29, 0.717) is 5.92 Å². The molecule has 5 heteroatoms. The van der Waals surface area contributed by atoms with Crippen molar-refractivity contribution >= 4 is 11.6 Å². The van der Waals surface area contributed by atoms with Crippen LogP contribution in [0.15, 0.2) is 0 Å². The lowest BCUT2D eigenvalue weighted by atomic mass is 10.2. The number of hydrogen-bond donors (Lipinski definition) is 3. The molecule has 2 saturated carbocycles. The third kappa shape index (κ3) is 2.27. The van der Waals surface area contributed by atoms with E-state index in [1.54, 1.807) is 0 Å². The first-order valence-electron chi connectivity index (χ1n) is 6.78. The van der Waals surface area contributed by atoms with Crippen LogP contribution in [0.2, 0.25) is 0 Å². The molecule has 0 amide bonds. The Morgan fingerprint density at radius 3 is 2.50 bits per heavy atom. The van der Waals surface area contributed by atoms with Crippen LogP contribution in [-0.2, 0) is 0 Å². The highest BCUT2D eigenvalue weighted by Crippen LogP contribution is 2.40. The Morgan fingerprint density at radius 2 is 1.94 bits per heavy atom. The molecule has 2 fully saturated rings. The molecule has 1 heterocycles. The summed E-state index contributed by atoms with van der Waals surface area (Å²) in [5.74, 6) is 10.4. The van der Waals surface area contributed by atoms with Gasteiger partial charge in [0.25, 0.3) is 0 Å². The Labute approximate surface area is 108 Å². The van der Waals surface area contributed by atoms with Crippen molar-refractivity contribution in [1.29, 1.82) is 0 Å². The molecule has 0 saturated heterocycles. The van der Waals surface area contributed by atoms with Crippen LogP contribution < -0.4 is 16.6 Å². The number of nitrogen functional groups attached to an aromatic ring is 1. The van der Waals surface area contributed by atoms with Crippen LogP contribution in [0.1, 0.15) is 43.5 Å². The molecule has 2 unspecified atom stereocenters. The maximum Gasteiger partial charge on any atom is 0.148 e. The van der Waals surface area contributed by atoms with Gasteiger partial charge in [-0.1, -0.05) is 6.92 Å². The van der Waals surface area contributed by atoms with Crippen molar-refractivity contribution in [1.82, 2.24) is 9.97 Å². The number of hydrazine groups is 1. The van der Waals surface area contributed by atoms with Gasteiger partial charge in [0.1, 0.15) is 17.5 Å². The molecule has 0 aliphatic heterocycles. The SMILES string of the molecule is Cc1c(NN)nc(C2CC2)nc1NCC1CC1C. The molecule has 3 rings (SSSR count). The van der Waals surface area contributed by atoms with E-state index in [-0.39, 0.29) is 0 Å². The van der Waals surface area contributed by atoms with Crippen molar-refractivity contribution in [3.05, 3.63) is 11.4 Å². The average Bonchev–Trinajstić information content (AvgIpc) is 3.25. The summed E-state index contributed by atoms with van der Waals surface area (Å²) in [6.07, 6.45) is 3.73. The maximum atomic E-state index is 5.53. The Bertz CT molecular complexity index is 455. The molecular weight excluding hydrogens is 226 g/mol. The van der Waals surface area contributed by atoms with E-state index < -0.39 is 0 Å². The highest BCUT2D eigenvalue weighted by Gasteiger charge is 2.32. The third-order valence-electron chi connectivity index (χ3n) is 4.05. The van der Waals surface area contributed by atoms with E-state index in [1.807, 2.05) is 6.92 Å². The molecular formula is C13H21N5. The fourth-order valence-corrected chi connectivity index (χ4v) is 2.28. The zero-order valence-corrected chi connectivity index (χ0v) is 11.0. The molecule has 0 bridgehead atoms. The second-order valence-electron chi connectivity index (χ2n) is 5.68. The molecule has 18 heavy (non-hydrogen) atoms. The Hall–Kier alpha value is -1.36. The van der Waals surface area contributed by atoms with Crippen molar-refractivity contribution in [2.45, 2.75) is 39.0 Å². The van der Waals surface area contributed by atoms with E-state index in [2.05, 4.69) is 27.6 Å². The third-order valence-corrected chi connectivity index (χ3v) is 4.05. The molecule has 2 aliphatic carbocycles. The predicted octanol–water partition coefficient (Wildman–Crippen LogP) is 2.02. The van der Waals surface area contributed by atoms with E-state index >= 15 is 0 Å². The zero-order chi connectivity index (χ0) is 12.7. The number of nitrogens with zero attached hydrogens (tertiary/aromatic N) is 2. The van der Waals surface area contributed by atoms with E-state index in [1.165, 1.54) is 19.3 Å². The van der Waals surface area contributed by atoms with Crippen LogP contribution in [0.4, 0.5) is 11.6 Å². The monoisotopic (exact) mass is 247 g/mol. The van der Waals surface area contributed by atoms with Gasteiger partial charge in [0.15, 0.2) is 0 Å². The van der Waals surface area contributed by atoms with Crippen molar-refractivity contribution < 1.29 is 0 Å². The van der Waals surface area contributed by atoms with Gasteiger partial charge in [0.05, 0.1) is 0 Å². The molecule has 1 aromatic heterocycles. The number of aromatic nitrogens is 2. The Morgan fingerprint density at radius 1 is 1.28 bits per heavy atom. The van der Waals surface area contributed by atoms with E-state index in [4.69, 9.17) is 5.84 Å². The smallest absolute Gasteiger partial charge is 0.148 e. The van der Waals surface area contributed by atoms with Gasteiger partial charge in [-0.25, -0.2) is 15.8 Å². The van der Waals surface area contributed by atoms with Gasteiger partial charge in [-0.15, -0.1) is 0 Å². The van der Waals surface area contributed by atoms with Gasteiger partial charge in [-0.05, 0) is 38.0 Å².